The van der Waals surface area contributed by atoms with Crippen LogP contribution in [0.5, 0.6) is 0 Å². The van der Waals surface area contributed by atoms with Crippen LogP contribution in [0.1, 0.15) is 27.2 Å². The van der Waals surface area contributed by atoms with E-state index in [1.54, 1.807) is 0 Å². The second-order valence-electron chi connectivity index (χ2n) is 3.99. The topological polar surface area (TPSA) is 37.0 Å². The van der Waals surface area contributed by atoms with Crippen LogP contribution in [0.15, 0.2) is 18.3 Å². The monoisotopic (exact) mass is 253 g/mol. The first-order chi connectivity index (χ1) is 8.26. The number of hydrogen-bond acceptors (Lipinski definition) is 4. The van der Waals surface area contributed by atoms with E-state index in [0.29, 0.717) is 6.04 Å². The third kappa shape index (κ3) is 5.82. The SMILES string of the molecule is CCNc1cc(NC(C)CCSCC)ccn1. The molecule has 1 aromatic heterocycles. The van der Waals surface area contributed by atoms with E-state index >= 15 is 0 Å². The van der Waals surface area contributed by atoms with Gasteiger partial charge >= 0.3 is 0 Å². The molecule has 4 heteroatoms. The molecule has 3 nitrogen and oxygen atoms in total. The highest BCUT2D eigenvalue weighted by molar-refractivity contribution is 7.99. The van der Waals surface area contributed by atoms with Gasteiger partial charge in [-0.25, -0.2) is 4.98 Å². The molecule has 0 aromatic carbocycles. The number of hydrogen-bond donors (Lipinski definition) is 2. The van der Waals surface area contributed by atoms with Crippen LogP contribution < -0.4 is 10.6 Å². The van der Waals surface area contributed by atoms with Crippen LogP contribution in [0.4, 0.5) is 11.5 Å². The van der Waals surface area contributed by atoms with Crippen molar-refractivity contribution < 1.29 is 0 Å². The van der Waals surface area contributed by atoms with Gasteiger partial charge in [0.1, 0.15) is 5.82 Å². The van der Waals surface area contributed by atoms with Gasteiger partial charge in [0, 0.05) is 30.5 Å². The first kappa shape index (κ1) is 14.2. The van der Waals surface area contributed by atoms with Crippen molar-refractivity contribution in [2.45, 2.75) is 33.2 Å². The van der Waals surface area contributed by atoms with Crippen LogP contribution in [0.2, 0.25) is 0 Å². The molecule has 1 rings (SSSR count). The third-order valence-corrected chi connectivity index (χ3v) is 3.36. The molecule has 0 aliphatic carbocycles. The zero-order valence-corrected chi connectivity index (χ0v) is 11.8. The van der Waals surface area contributed by atoms with Gasteiger partial charge in [-0.15, -0.1) is 0 Å². The quantitative estimate of drug-likeness (QED) is 0.696. The Kier molecular flexibility index (Phi) is 6.86. The average Bonchev–Trinajstić information content (AvgIpc) is 2.30. The highest BCUT2D eigenvalue weighted by Crippen LogP contribution is 2.14. The van der Waals surface area contributed by atoms with Gasteiger partial charge in [-0.3, -0.25) is 0 Å². The third-order valence-electron chi connectivity index (χ3n) is 2.43. The molecule has 0 amide bonds. The summed E-state index contributed by atoms with van der Waals surface area (Å²) >= 11 is 1.99. The van der Waals surface area contributed by atoms with Gasteiger partial charge in [-0.2, -0.15) is 11.8 Å². The Hall–Kier alpha value is -0.900. The van der Waals surface area contributed by atoms with Gasteiger partial charge in [0.05, 0.1) is 0 Å². The number of pyridine rings is 1. The summed E-state index contributed by atoms with van der Waals surface area (Å²) in [5.74, 6) is 3.36. The van der Waals surface area contributed by atoms with E-state index < -0.39 is 0 Å². The molecular weight excluding hydrogens is 230 g/mol. The number of rotatable bonds is 8. The highest BCUT2D eigenvalue weighted by Gasteiger charge is 2.02. The van der Waals surface area contributed by atoms with Gasteiger partial charge in [0.25, 0.3) is 0 Å². The van der Waals surface area contributed by atoms with E-state index in [4.69, 9.17) is 0 Å². The lowest BCUT2D eigenvalue weighted by Crippen LogP contribution is -2.16. The van der Waals surface area contributed by atoms with Crippen LogP contribution >= 0.6 is 11.8 Å². The molecule has 0 fully saturated rings. The van der Waals surface area contributed by atoms with E-state index in [2.05, 4.69) is 42.5 Å². The molecule has 0 saturated heterocycles. The normalized spacial score (nSPS) is 12.2. The summed E-state index contributed by atoms with van der Waals surface area (Å²) in [6, 6.07) is 4.59. The molecule has 1 heterocycles. The summed E-state index contributed by atoms with van der Waals surface area (Å²) in [5, 5.41) is 6.72. The van der Waals surface area contributed by atoms with Gasteiger partial charge in [-0.05, 0) is 37.8 Å². The van der Waals surface area contributed by atoms with E-state index in [0.717, 1.165) is 18.1 Å². The second kappa shape index (κ2) is 8.23. The van der Waals surface area contributed by atoms with Crippen LogP contribution in [0.3, 0.4) is 0 Å². The van der Waals surface area contributed by atoms with E-state index in [9.17, 15) is 0 Å². The molecule has 17 heavy (non-hydrogen) atoms. The molecule has 0 saturated carbocycles. The maximum absolute atomic E-state index is 4.26. The molecule has 1 unspecified atom stereocenters. The molecule has 96 valence electrons. The summed E-state index contributed by atoms with van der Waals surface area (Å²) in [6.07, 6.45) is 3.03. The van der Waals surface area contributed by atoms with Crippen molar-refractivity contribution in [1.82, 2.24) is 4.98 Å². The minimum atomic E-state index is 0.505. The van der Waals surface area contributed by atoms with Crippen molar-refractivity contribution in [3.05, 3.63) is 18.3 Å². The maximum Gasteiger partial charge on any atom is 0.127 e. The van der Waals surface area contributed by atoms with Crippen LogP contribution in [0.25, 0.3) is 0 Å². The number of aromatic nitrogens is 1. The lowest BCUT2D eigenvalue weighted by atomic mass is 10.2. The van der Waals surface area contributed by atoms with Gasteiger partial charge in [-0.1, -0.05) is 6.92 Å². The predicted octanol–water partition coefficient (Wildman–Crippen LogP) is 3.46. The Morgan fingerprint density at radius 1 is 1.41 bits per heavy atom. The minimum absolute atomic E-state index is 0.505. The Morgan fingerprint density at radius 2 is 2.24 bits per heavy atom. The fourth-order valence-corrected chi connectivity index (χ4v) is 2.37. The molecule has 0 aliphatic rings. The number of nitrogens with zero attached hydrogens (tertiary/aromatic N) is 1. The Balaban J connectivity index is 2.41. The van der Waals surface area contributed by atoms with Crippen LogP contribution in [-0.2, 0) is 0 Å². The largest absolute Gasteiger partial charge is 0.382 e. The molecule has 0 bridgehead atoms. The van der Waals surface area contributed by atoms with E-state index in [1.165, 1.54) is 17.9 Å². The highest BCUT2D eigenvalue weighted by atomic mass is 32.2. The summed E-state index contributed by atoms with van der Waals surface area (Å²) in [7, 11) is 0. The van der Waals surface area contributed by atoms with Crippen molar-refractivity contribution in [2.75, 3.05) is 28.7 Å². The van der Waals surface area contributed by atoms with Crippen molar-refractivity contribution >= 4 is 23.3 Å². The molecular formula is C13H23N3S. The molecule has 0 radical (unpaired) electrons. The second-order valence-corrected chi connectivity index (χ2v) is 5.38. The molecule has 0 spiro atoms. The molecule has 2 N–H and O–H groups in total. The minimum Gasteiger partial charge on any atom is -0.382 e. The van der Waals surface area contributed by atoms with E-state index in [1.807, 2.05) is 24.0 Å². The fraction of sp³-hybridized carbons (Fsp3) is 0.615. The molecule has 0 aliphatic heterocycles. The Labute approximate surface area is 109 Å². The van der Waals surface area contributed by atoms with Gasteiger partial charge in [0.15, 0.2) is 0 Å². The Morgan fingerprint density at radius 3 is 2.94 bits per heavy atom. The lowest BCUT2D eigenvalue weighted by molar-refractivity contribution is 0.771. The number of thioether (sulfide) groups is 1. The van der Waals surface area contributed by atoms with Crippen LogP contribution in [0, 0.1) is 0 Å². The van der Waals surface area contributed by atoms with Crippen LogP contribution in [-0.4, -0.2) is 29.1 Å². The number of anilines is 2. The van der Waals surface area contributed by atoms with Gasteiger partial charge < -0.3 is 10.6 Å². The first-order valence-corrected chi connectivity index (χ1v) is 7.46. The summed E-state index contributed by atoms with van der Waals surface area (Å²) in [6.45, 7) is 7.41. The zero-order chi connectivity index (χ0) is 12.5. The number of nitrogens with one attached hydrogen (secondary N) is 2. The summed E-state index contributed by atoms with van der Waals surface area (Å²) in [5.41, 5.74) is 1.14. The summed E-state index contributed by atoms with van der Waals surface area (Å²) in [4.78, 5) is 4.26. The van der Waals surface area contributed by atoms with Crippen molar-refractivity contribution in [3.8, 4) is 0 Å². The van der Waals surface area contributed by atoms with E-state index in [-0.39, 0.29) is 0 Å². The zero-order valence-electron chi connectivity index (χ0n) is 11.0. The summed E-state index contributed by atoms with van der Waals surface area (Å²) < 4.78 is 0. The maximum atomic E-state index is 4.26. The molecule has 1 aromatic rings. The fourth-order valence-electron chi connectivity index (χ4n) is 1.56. The Bertz CT molecular complexity index is 317. The standard InChI is InChI=1S/C13H23N3S/c1-4-14-13-10-12(6-8-15-13)16-11(3)7-9-17-5-2/h6,8,10-11H,4-5,7,9H2,1-3H3,(H2,14,15,16). The first-order valence-electron chi connectivity index (χ1n) is 6.30. The predicted molar refractivity (Wildman–Crippen MR) is 79.1 cm³/mol. The van der Waals surface area contributed by atoms with Crippen molar-refractivity contribution in [3.63, 3.8) is 0 Å². The van der Waals surface area contributed by atoms with Gasteiger partial charge in [0.2, 0.25) is 0 Å². The van der Waals surface area contributed by atoms with Crippen molar-refractivity contribution in [1.29, 1.82) is 0 Å². The average molecular weight is 253 g/mol. The smallest absolute Gasteiger partial charge is 0.127 e. The van der Waals surface area contributed by atoms with Crippen molar-refractivity contribution in [2.24, 2.45) is 0 Å². The molecule has 1 atom stereocenters. The lowest BCUT2D eigenvalue weighted by Gasteiger charge is -2.15.